The summed E-state index contributed by atoms with van der Waals surface area (Å²) >= 11 is 0. The summed E-state index contributed by atoms with van der Waals surface area (Å²) in [7, 11) is 0. The quantitative estimate of drug-likeness (QED) is 0.718. The van der Waals surface area contributed by atoms with Gasteiger partial charge >= 0.3 is 6.09 Å². The Morgan fingerprint density at radius 3 is 2.73 bits per heavy atom. The smallest absolute Gasteiger partial charge is 0.414 e. The van der Waals surface area contributed by atoms with E-state index in [0.717, 1.165) is 0 Å². The number of carbonyl (C=O) groups is 1. The monoisotopic (exact) mass is 209 g/mol. The van der Waals surface area contributed by atoms with Crippen LogP contribution >= 0.6 is 0 Å². The van der Waals surface area contributed by atoms with E-state index in [1.807, 2.05) is 0 Å². The van der Waals surface area contributed by atoms with Crippen molar-refractivity contribution in [3.63, 3.8) is 0 Å². The Morgan fingerprint density at radius 2 is 2.27 bits per heavy atom. The van der Waals surface area contributed by atoms with Crippen molar-refractivity contribution >= 4 is 12.0 Å². The Balaban J connectivity index is 2.56. The van der Waals surface area contributed by atoms with Crippen LogP contribution in [0.2, 0.25) is 0 Å². The minimum atomic E-state index is -0.661. The molecule has 0 radical (unpaired) electrons. The summed E-state index contributed by atoms with van der Waals surface area (Å²) in [5.41, 5.74) is -0.585. The van der Waals surface area contributed by atoms with E-state index in [0.29, 0.717) is 0 Å². The molecule has 1 amide bonds. The van der Waals surface area contributed by atoms with E-state index < -0.39 is 11.7 Å². The molecule has 0 saturated carbocycles. The average molecular weight is 209 g/mol. The van der Waals surface area contributed by atoms with Gasteiger partial charge in [-0.25, -0.2) is 9.89 Å². The van der Waals surface area contributed by atoms with Gasteiger partial charge in [0.2, 0.25) is 5.82 Å². The average Bonchev–Trinajstić information content (AvgIpc) is 2.48. The number of aromatic nitrogens is 3. The molecule has 1 aromatic rings. The van der Waals surface area contributed by atoms with E-state index in [9.17, 15) is 4.79 Å². The minimum Gasteiger partial charge on any atom is -0.444 e. The molecule has 7 nitrogen and oxygen atoms in total. The Kier molecular flexibility index (Phi) is 2.90. The van der Waals surface area contributed by atoms with Gasteiger partial charge in [-0.05, 0) is 20.8 Å². The topological polar surface area (TPSA) is 104 Å². The van der Waals surface area contributed by atoms with E-state index >= 15 is 0 Å². The fourth-order valence-electron chi connectivity index (χ4n) is 0.763. The van der Waals surface area contributed by atoms with Crippen LogP contribution in [0.3, 0.4) is 0 Å². The zero-order valence-corrected chi connectivity index (χ0v) is 8.66. The van der Waals surface area contributed by atoms with Crippen molar-refractivity contribution in [2.24, 2.45) is 0 Å². The molecule has 0 saturated heterocycles. The van der Waals surface area contributed by atoms with Gasteiger partial charge in [0, 0.05) is 0 Å². The molecule has 0 unspecified atom stereocenters. The number of nitrogens with one attached hydrogen (secondary N) is 2. The third kappa shape index (κ3) is 3.64. The van der Waals surface area contributed by atoms with Gasteiger partial charge in [-0.1, -0.05) is 0 Å². The number of ether oxygens (including phenoxy) is 1. The lowest BCUT2D eigenvalue weighted by Crippen LogP contribution is -2.27. The van der Waals surface area contributed by atoms with Gasteiger partial charge in [-0.3, -0.25) is 5.32 Å². The first-order valence-corrected chi connectivity index (χ1v) is 4.23. The van der Waals surface area contributed by atoms with Crippen LogP contribution < -0.4 is 5.32 Å². The number of carbonyl (C=O) groups excluding carboxylic acids is 1. The zero-order valence-electron chi connectivity index (χ0n) is 8.66. The number of hydrogen-bond donors (Lipinski definition) is 2. The van der Waals surface area contributed by atoms with Crippen LogP contribution in [-0.2, 0) is 4.74 Å². The molecule has 0 fully saturated rings. The van der Waals surface area contributed by atoms with Crippen molar-refractivity contribution in [1.29, 1.82) is 5.26 Å². The predicted molar refractivity (Wildman–Crippen MR) is 51.0 cm³/mol. The summed E-state index contributed by atoms with van der Waals surface area (Å²) in [4.78, 5) is 14.9. The largest absolute Gasteiger partial charge is 0.444 e. The lowest BCUT2D eigenvalue weighted by molar-refractivity contribution is 0.0634. The molecule has 0 aliphatic carbocycles. The van der Waals surface area contributed by atoms with Crippen LogP contribution in [0.5, 0.6) is 0 Å². The van der Waals surface area contributed by atoms with Crippen LogP contribution in [-0.4, -0.2) is 26.9 Å². The normalized spacial score (nSPS) is 10.5. The molecule has 0 bridgehead atoms. The molecule has 0 aromatic carbocycles. The third-order valence-corrected chi connectivity index (χ3v) is 1.20. The molecule has 0 atom stereocenters. The summed E-state index contributed by atoms with van der Waals surface area (Å²) in [5, 5.41) is 16.6. The van der Waals surface area contributed by atoms with Crippen molar-refractivity contribution in [1.82, 2.24) is 15.2 Å². The summed E-state index contributed by atoms with van der Waals surface area (Å²) in [6.07, 6.45) is -0.661. The number of amides is 1. The number of hydrogen-bond acceptors (Lipinski definition) is 5. The SMILES string of the molecule is CC(C)(C)OC(=O)Nc1n[nH]c(C#N)n1. The van der Waals surface area contributed by atoms with Gasteiger partial charge in [-0.15, -0.1) is 5.10 Å². The van der Waals surface area contributed by atoms with Crippen LogP contribution in [0.15, 0.2) is 0 Å². The summed E-state index contributed by atoms with van der Waals surface area (Å²) in [6, 6.07) is 1.75. The maximum absolute atomic E-state index is 11.2. The molecule has 0 aliphatic heterocycles. The number of rotatable bonds is 1. The lowest BCUT2D eigenvalue weighted by Gasteiger charge is -2.18. The van der Waals surface area contributed by atoms with Crippen molar-refractivity contribution in [2.45, 2.75) is 26.4 Å². The van der Waals surface area contributed by atoms with Gasteiger partial charge in [-0.2, -0.15) is 10.2 Å². The van der Waals surface area contributed by atoms with E-state index in [1.54, 1.807) is 26.8 Å². The minimum absolute atomic E-state index is 0.0146. The Morgan fingerprint density at radius 1 is 1.60 bits per heavy atom. The molecule has 1 heterocycles. The first-order chi connectivity index (χ1) is 6.90. The molecular weight excluding hydrogens is 198 g/mol. The van der Waals surface area contributed by atoms with E-state index in [4.69, 9.17) is 10.00 Å². The molecular formula is C8H11N5O2. The standard InChI is InChI=1S/C8H11N5O2/c1-8(2,3)15-7(14)11-6-10-5(4-9)12-13-6/h1-3H3,(H2,10,11,12,13,14). The van der Waals surface area contributed by atoms with Gasteiger partial charge in [0.1, 0.15) is 11.7 Å². The number of H-pyrrole nitrogens is 1. The second-order valence-corrected chi connectivity index (χ2v) is 3.75. The molecule has 7 heteroatoms. The predicted octanol–water partition coefficient (Wildman–Crippen LogP) is 1.02. The third-order valence-electron chi connectivity index (χ3n) is 1.20. The number of aromatic amines is 1. The van der Waals surface area contributed by atoms with Gasteiger partial charge < -0.3 is 4.74 Å². The van der Waals surface area contributed by atoms with Crippen LogP contribution in [0, 0.1) is 11.3 Å². The van der Waals surface area contributed by atoms with E-state index in [1.165, 1.54) is 0 Å². The summed E-state index contributed by atoms with van der Waals surface area (Å²) < 4.78 is 4.96. The molecule has 0 aliphatic rings. The Labute approximate surface area is 86.5 Å². The second kappa shape index (κ2) is 3.96. The lowest BCUT2D eigenvalue weighted by atomic mass is 10.2. The fraction of sp³-hybridized carbons (Fsp3) is 0.500. The molecule has 15 heavy (non-hydrogen) atoms. The molecule has 1 rings (SSSR count). The number of nitrogens with zero attached hydrogens (tertiary/aromatic N) is 3. The fourth-order valence-corrected chi connectivity index (χ4v) is 0.763. The van der Waals surface area contributed by atoms with Gasteiger partial charge in [0.25, 0.3) is 5.95 Å². The van der Waals surface area contributed by atoms with Crippen molar-refractivity contribution in [2.75, 3.05) is 5.32 Å². The highest BCUT2D eigenvalue weighted by molar-refractivity contribution is 5.82. The maximum atomic E-state index is 11.2. The van der Waals surface area contributed by atoms with E-state index in [-0.39, 0.29) is 11.8 Å². The van der Waals surface area contributed by atoms with Crippen molar-refractivity contribution in [3.05, 3.63) is 5.82 Å². The van der Waals surface area contributed by atoms with E-state index in [2.05, 4.69) is 20.5 Å². The van der Waals surface area contributed by atoms with Crippen molar-refractivity contribution in [3.8, 4) is 6.07 Å². The molecule has 1 aromatic heterocycles. The maximum Gasteiger partial charge on any atom is 0.414 e. The summed E-state index contributed by atoms with van der Waals surface area (Å²) in [6.45, 7) is 5.22. The molecule has 2 N–H and O–H groups in total. The Hall–Kier alpha value is -2.10. The van der Waals surface area contributed by atoms with Crippen LogP contribution in [0.4, 0.5) is 10.7 Å². The highest BCUT2D eigenvalue weighted by Crippen LogP contribution is 2.08. The number of nitriles is 1. The Bertz CT molecular complexity index is 398. The molecule has 0 spiro atoms. The van der Waals surface area contributed by atoms with Crippen molar-refractivity contribution < 1.29 is 9.53 Å². The van der Waals surface area contributed by atoms with Crippen LogP contribution in [0.25, 0.3) is 0 Å². The first kappa shape index (κ1) is 11.0. The number of anilines is 1. The molecule has 80 valence electrons. The zero-order chi connectivity index (χ0) is 11.5. The van der Waals surface area contributed by atoms with Gasteiger partial charge in [0.15, 0.2) is 0 Å². The highest BCUT2D eigenvalue weighted by Gasteiger charge is 2.17. The van der Waals surface area contributed by atoms with Gasteiger partial charge in [0.05, 0.1) is 0 Å². The summed E-state index contributed by atoms with van der Waals surface area (Å²) in [5.74, 6) is 0.0434. The highest BCUT2D eigenvalue weighted by atomic mass is 16.6. The van der Waals surface area contributed by atoms with Crippen LogP contribution in [0.1, 0.15) is 26.6 Å². The first-order valence-electron chi connectivity index (χ1n) is 4.23. The second-order valence-electron chi connectivity index (χ2n) is 3.75.